The molecule has 0 aliphatic carbocycles. The van der Waals surface area contributed by atoms with Gasteiger partial charge in [0.1, 0.15) is 0 Å². The van der Waals surface area contributed by atoms with Crippen LogP contribution in [0.4, 0.5) is 0 Å². The van der Waals surface area contributed by atoms with Gasteiger partial charge >= 0.3 is 21.7 Å². The second-order valence-corrected chi connectivity index (χ2v) is 2.82. The van der Waals surface area contributed by atoms with Crippen LogP contribution in [-0.4, -0.2) is 24.9 Å². The second kappa shape index (κ2) is 25.3. The molecule has 4 unspecified atom stereocenters. The normalized spacial score (nSPS) is 14.8. The van der Waals surface area contributed by atoms with E-state index in [0.717, 1.165) is 0 Å². The first-order valence-corrected chi connectivity index (χ1v) is 4.59. The molecule has 0 aromatic heterocycles. The minimum Gasteiger partial charge on any atom is -0.841 e. The topological polar surface area (TPSA) is 196 Å². The van der Waals surface area contributed by atoms with E-state index in [-0.39, 0.29) is 21.7 Å². The van der Waals surface area contributed by atoms with Crippen LogP contribution in [0.2, 0.25) is 0 Å². The Kier molecular flexibility index (Phi) is 45.3. The summed E-state index contributed by atoms with van der Waals surface area (Å²) in [7, 11) is 0. The van der Waals surface area contributed by atoms with Crippen LogP contribution in [0.5, 0.6) is 0 Å². The maximum atomic E-state index is 9.31. The van der Waals surface area contributed by atoms with Gasteiger partial charge in [0, 0.05) is 0 Å². The van der Waals surface area contributed by atoms with Crippen molar-refractivity contribution in [3.63, 3.8) is 0 Å². The summed E-state index contributed by atoms with van der Waals surface area (Å²) in [4.78, 5) is 0. The van der Waals surface area contributed by atoms with E-state index in [9.17, 15) is 20.4 Å². The predicted octanol–water partition coefficient (Wildman–Crippen LogP) is -5.40. The van der Waals surface area contributed by atoms with Gasteiger partial charge in [-0.15, -0.1) is 0 Å². The van der Waals surface area contributed by atoms with Crippen LogP contribution in [0.15, 0.2) is 0 Å². The Morgan fingerprint density at radius 2 is 0.529 bits per heavy atom. The SMILES string of the molecule is CC(N)[O-].CC(N)[O-].CC(N)[O-].CC(N)[O-].[Ti+4]. The predicted molar refractivity (Wildman–Crippen MR) is 54.6 cm³/mol. The van der Waals surface area contributed by atoms with Crippen LogP contribution in [0.25, 0.3) is 0 Å². The quantitative estimate of drug-likeness (QED) is 0.250. The van der Waals surface area contributed by atoms with Crippen molar-refractivity contribution in [2.45, 2.75) is 52.6 Å². The van der Waals surface area contributed by atoms with E-state index in [0.29, 0.717) is 0 Å². The molecule has 8 nitrogen and oxygen atoms in total. The largest absolute Gasteiger partial charge is 4.00 e. The average Bonchev–Trinajstić information content (AvgIpc) is 1.76. The molecule has 0 aliphatic heterocycles. The number of hydrogen-bond acceptors (Lipinski definition) is 8. The molecule has 17 heavy (non-hydrogen) atoms. The molecule has 0 spiro atoms. The molecule has 104 valence electrons. The third-order valence-corrected chi connectivity index (χ3v) is 0. The van der Waals surface area contributed by atoms with Crippen molar-refractivity contribution in [1.29, 1.82) is 0 Å². The molecule has 0 amide bonds. The summed E-state index contributed by atoms with van der Waals surface area (Å²) in [5, 5.41) is 37.2. The smallest absolute Gasteiger partial charge is 0.841 e. The molecule has 0 radical (unpaired) electrons. The zero-order valence-electron chi connectivity index (χ0n) is 10.8. The Bertz CT molecular complexity index is 72.5. The summed E-state index contributed by atoms with van der Waals surface area (Å²) < 4.78 is 0. The molecule has 0 aromatic rings. The molecule has 0 aromatic carbocycles. The van der Waals surface area contributed by atoms with E-state index in [1.54, 1.807) is 0 Å². The zero-order chi connectivity index (χ0) is 14.3. The van der Waals surface area contributed by atoms with Crippen molar-refractivity contribution < 1.29 is 42.1 Å². The molecular weight excluding hydrogens is 264 g/mol. The molecule has 0 bridgehead atoms. The Labute approximate surface area is 118 Å². The minimum atomic E-state index is -0.917. The first-order chi connectivity index (χ1) is 6.93. The van der Waals surface area contributed by atoms with Crippen molar-refractivity contribution in [2.75, 3.05) is 0 Å². The van der Waals surface area contributed by atoms with Crippen LogP contribution >= 0.6 is 0 Å². The minimum absolute atomic E-state index is 0. The van der Waals surface area contributed by atoms with Gasteiger partial charge in [0.2, 0.25) is 0 Å². The molecule has 4 atom stereocenters. The van der Waals surface area contributed by atoms with Gasteiger partial charge in [0.15, 0.2) is 0 Å². The van der Waals surface area contributed by atoms with Crippen LogP contribution in [0, 0.1) is 0 Å². The summed E-state index contributed by atoms with van der Waals surface area (Å²) in [6.45, 7) is 5.56. The van der Waals surface area contributed by atoms with Crippen LogP contribution < -0.4 is 43.4 Å². The van der Waals surface area contributed by atoms with Gasteiger partial charge in [0.05, 0.1) is 0 Å². The van der Waals surface area contributed by atoms with Crippen molar-refractivity contribution in [2.24, 2.45) is 22.9 Å². The van der Waals surface area contributed by atoms with E-state index in [2.05, 4.69) is 22.9 Å². The summed E-state index contributed by atoms with van der Waals surface area (Å²) in [6.07, 6.45) is -3.67. The van der Waals surface area contributed by atoms with Crippen LogP contribution in [0.3, 0.4) is 0 Å². The van der Waals surface area contributed by atoms with Crippen molar-refractivity contribution in [1.82, 2.24) is 0 Å². The molecule has 0 saturated heterocycles. The summed E-state index contributed by atoms with van der Waals surface area (Å²) >= 11 is 0. The number of rotatable bonds is 0. The van der Waals surface area contributed by atoms with Gasteiger partial charge in [0.25, 0.3) is 0 Å². The Morgan fingerprint density at radius 1 is 0.529 bits per heavy atom. The monoisotopic (exact) mass is 288 g/mol. The van der Waals surface area contributed by atoms with Crippen LogP contribution in [-0.2, 0) is 21.7 Å². The fraction of sp³-hybridized carbons (Fsp3) is 1.00. The van der Waals surface area contributed by atoms with Gasteiger partial charge in [-0.1, -0.05) is 52.6 Å². The third-order valence-electron chi connectivity index (χ3n) is 0. The molecule has 9 heteroatoms. The fourth-order valence-electron chi connectivity index (χ4n) is 0. The van der Waals surface area contributed by atoms with E-state index in [4.69, 9.17) is 0 Å². The van der Waals surface area contributed by atoms with Gasteiger partial charge in [-0.3, -0.25) is 0 Å². The van der Waals surface area contributed by atoms with Crippen LogP contribution in [0.1, 0.15) is 27.7 Å². The van der Waals surface area contributed by atoms with Crippen molar-refractivity contribution in [3.8, 4) is 0 Å². The molecule has 0 aliphatic rings. The van der Waals surface area contributed by atoms with Crippen molar-refractivity contribution in [3.05, 3.63) is 0 Å². The second-order valence-electron chi connectivity index (χ2n) is 2.82. The van der Waals surface area contributed by atoms with Gasteiger partial charge < -0.3 is 43.4 Å². The van der Waals surface area contributed by atoms with E-state index >= 15 is 0 Å². The fourth-order valence-corrected chi connectivity index (χ4v) is 0. The molecule has 0 fully saturated rings. The summed E-state index contributed by atoms with van der Waals surface area (Å²) in [6, 6.07) is 0. The Morgan fingerprint density at radius 3 is 0.529 bits per heavy atom. The Hall–Kier alpha value is 0.394. The zero-order valence-corrected chi connectivity index (χ0v) is 12.3. The number of hydrogen-bond donors (Lipinski definition) is 4. The summed E-state index contributed by atoms with van der Waals surface area (Å²) in [5.74, 6) is 0. The maximum Gasteiger partial charge on any atom is 4.00 e. The number of nitrogens with two attached hydrogens (primary N) is 4. The van der Waals surface area contributed by atoms with Gasteiger partial charge in [-0.2, -0.15) is 0 Å². The van der Waals surface area contributed by atoms with E-state index in [1.165, 1.54) is 27.7 Å². The Balaban J connectivity index is -0.0000000369. The molecular formula is C8H24N4O4Ti. The summed E-state index contributed by atoms with van der Waals surface area (Å²) in [5.41, 5.74) is 18.2. The van der Waals surface area contributed by atoms with E-state index < -0.39 is 24.9 Å². The average molecular weight is 288 g/mol. The molecule has 0 heterocycles. The third kappa shape index (κ3) is 21800. The van der Waals surface area contributed by atoms with Gasteiger partial charge in [-0.25, -0.2) is 0 Å². The van der Waals surface area contributed by atoms with Gasteiger partial charge in [-0.05, 0) is 0 Å². The molecule has 0 saturated carbocycles. The molecule has 8 N–H and O–H groups in total. The standard InChI is InChI=1S/4C2H6NO.Ti/c4*1-2(3)4;/h4*2H,3H2,1H3;/q4*-1;+4. The maximum absolute atomic E-state index is 9.31. The molecule has 0 rings (SSSR count). The van der Waals surface area contributed by atoms with Crippen molar-refractivity contribution >= 4 is 0 Å². The first-order valence-electron chi connectivity index (χ1n) is 4.59. The first kappa shape index (κ1) is 30.4. The van der Waals surface area contributed by atoms with E-state index in [1.807, 2.05) is 0 Å².